The Bertz CT molecular complexity index is 830. The van der Waals surface area contributed by atoms with E-state index in [1.54, 1.807) is 12.3 Å². The zero-order chi connectivity index (χ0) is 17.1. The van der Waals surface area contributed by atoms with Crippen molar-refractivity contribution in [3.8, 4) is 0 Å². The molecule has 2 atom stereocenters. The second-order valence-electron chi connectivity index (χ2n) is 6.05. The van der Waals surface area contributed by atoms with Crippen molar-refractivity contribution in [2.45, 2.75) is 25.3 Å². The van der Waals surface area contributed by atoms with E-state index in [-0.39, 0.29) is 11.1 Å². The number of benzene rings is 1. The lowest BCUT2D eigenvalue weighted by Crippen LogP contribution is -2.35. The first-order valence-electron chi connectivity index (χ1n) is 7.95. The van der Waals surface area contributed by atoms with E-state index in [0.717, 1.165) is 36.1 Å². The Kier molecular flexibility index (Phi) is 4.94. The minimum absolute atomic E-state index is 0.124. The number of nitrogens with one attached hydrogen (secondary N) is 2. The van der Waals surface area contributed by atoms with Crippen molar-refractivity contribution in [1.29, 1.82) is 0 Å². The maximum absolute atomic E-state index is 12.6. The molecule has 3 rings (SSSR count). The lowest BCUT2D eigenvalue weighted by atomic mass is 10.1. The molecule has 0 saturated heterocycles. The summed E-state index contributed by atoms with van der Waals surface area (Å²) in [6, 6.07) is 10.7. The number of pyridine rings is 1. The van der Waals surface area contributed by atoms with Gasteiger partial charge in [-0.15, -0.1) is 0 Å². The minimum atomic E-state index is -1.07. The molecule has 24 heavy (non-hydrogen) atoms. The van der Waals surface area contributed by atoms with Gasteiger partial charge in [0.1, 0.15) is 5.56 Å². The van der Waals surface area contributed by atoms with Gasteiger partial charge in [0.2, 0.25) is 0 Å². The number of fused-ring (bicyclic) bond motifs is 1. The molecule has 0 bridgehead atoms. The van der Waals surface area contributed by atoms with Crippen molar-refractivity contribution >= 4 is 16.7 Å². The number of aryl methyl sites for hydroxylation is 2. The largest absolute Gasteiger partial charge is 0.344 e. The number of aromatic nitrogens is 1. The van der Waals surface area contributed by atoms with Crippen molar-refractivity contribution in [3.63, 3.8) is 0 Å². The summed E-state index contributed by atoms with van der Waals surface area (Å²) in [5, 5.41) is 2.86. The molecule has 0 saturated carbocycles. The number of hydrogen-bond acceptors (Lipinski definition) is 3. The molecule has 1 aliphatic rings. The van der Waals surface area contributed by atoms with Gasteiger partial charge in [-0.2, -0.15) is 0 Å². The summed E-state index contributed by atoms with van der Waals surface area (Å²) in [7, 11) is -1.07. The molecule has 5 nitrogen and oxygen atoms in total. The first kappa shape index (κ1) is 16.6. The molecule has 0 unspecified atom stereocenters. The molecule has 2 N–H and O–H groups in total. The highest BCUT2D eigenvalue weighted by atomic mass is 32.2. The van der Waals surface area contributed by atoms with Crippen LogP contribution in [0.5, 0.6) is 0 Å². The third kappa shape index (κ3) is 3.64. The number of amides is 1. The van der Waals surface area contributed by atoms with Gasteiger partial charge in [-0.3, -0.25) is 13.8 Å². The number of carbonyl (C=O) groups excluding carboxylic acids is 1. The monoisotopic (exact) mass is 344 g/mol. The summed E-state index contributed by atoms with van der Waals surface area (Å²) in [6.45, 7) is 0. The Hall–Kier alpha value is -2.21. The van der Waals surface area contributed by atoms with Crippen molar-refractivity contribution in [2.75, 3.05) is 12.0 Å². The molecule has 0 spiro atoms. The molecular formula is C18H20N2O3S. The molecule has 1 heterocycles. The molecule has 1 aliphatic carbocycles. The molecular weight excluding hydrogens is 324 g/mol. The van der Waals surface area contributed by atoms with Crippen LogP contribution in [0.15, 0.2) is 41.2 Å². The summed E-state index contributed by atoms with van der Waals surface area (Å²) in [6.07, 6.45) is 4.34. The molecule has 1 aromatic carbocycles. The minimum Gasteiger partial charge on any atom is -0.344 e. The van der Waals surface area contributed by atoms with Crippen LogP contribution in [-0.4, -0.2) is 27.1 Å². The van der Waals surface area contributed by atoms with Gasteiger partial charge in [0.25, 0.3) is 11.5 Å². The molecule has 1 aromatic heterocycles. The van der Waals surface area contributed by atoms with E-state index in [9.17, 15) is 13.8 Å². The molecule has 0 fully saturated rings. The topological polar surface area (TPSA) is 79.0 Å². The first-order valence-corrected chi connectivity index (χ1v) is 9.68. The first-order chi connectivity index (χ1) is 11.5. The Morgan fingerprint density at radius 3 is 2.75 bits per heavy atom. The van der Waals surface area contributed by atoms with E-state index in [4.69, 9.17) is 0 Å². The highest BCUT2D eigenvalue weighted by Crippen LogP contribution is 2.19. The number of hydrogen-bond donors (Lipinski definition) is 2. The fourth-order valence-corrected chi connectivity index (χ4v) is 3.80. The van der Waals surface area contributed by atoms with E-state index in [2.05, 4.69) is 10.3 Å². The summed E-state index contributed by atoms with van der Waals surface area (Å²) in [4.78, 5) is 27.6. The van der Waals surface area contributed by atoms with Gasteiger partial charge in [0.15, 0.2) is 0 Å². The Balaban J connectivity index is 1.86. The quantitative estimate of drug-likeness (QED) is 0.867. The average molecular weight is 344 g/mol. The van der Waals surface area contributed by atoms with Crippen LogP contribution in [0.3, 0.4) is 0 Å². The van der Waals surface area contributed by atoms with Gasteiger partial charge >= 0.3 is 0 Å². The Morgan fingerprint density at radius 1 is 1.29 bits per heavy atom. The second kappa shape index (κ2) is 7.13. The van der Waals surface area contributed by atoms with Gasteiger partial charge in [0, 0.05) is 28.5 Å². The lowest BCUT2D eigenvalue weighted by Gasteiger charge is -2.18. The Morgan fingerprint density at radius 2 is 2.04 bits per heavy atom. The highest BCUT2D eigenvalue weighted by Gasteiger charge is 2.21. The van der Waals surface area contributed by atoms with Crippen molar-refractivity contribution < 1.29 is 9.00 Å². The van der Waals surface area contributed by atoms with E-state index in [0.29, 0.717) is 5.75 Å². The van der Waals surface area contributed by atoms with E-state index in [1.165, 1.54) is 0 Å². The van der Waals surface area contributed by atoms with Crippen LogP contribution in [0.1, 0.15) is 39.6 Å². The lowest BCUT2D eigenvalue weighted by molar-refractivity contribution is 0.0939. The van der Waals surface area contributed by atoms with Crippen molar-refractivity contribution in [1.82, 2.24) is 10.3 Å². The highest BCUT2D eigenvalue weighted by molar-refractivity contribution is 7.84. The summed E-state index contributed by atoms with van der Waals surface area (Å²) < 4.78 is 11.7. The predicted octanol–water partition coefficient (Wildman–Crippen LogP) is 1.71. The third-order valence-electron chi connectivity index (χ3n) is 4.24. The van der Waals surface area contributed by atoms with Crippen LogP contribution >= 0.6 is 0 Å². The van der Waals surface area contributed by atoms with Gasteiger partial charge in [-0.1, -0.05) is 30.3 Å². The van der Waals surface area contributed by atoms with Crippen LogP contribution in [0.25, 0.3) is 0 Å². The van der Waals surface area contributed by atoms with E-state index >= 15 is 0 Å². The number of rotatable bonds is 5. The van der Waals surface area contributed by atoms with Crippen LogP contribution in [0, 0.1) is 0 Å². The summed E-state index contributed by atoms with van der Waals surface area (Å²) >= 11 is 0. The zero-order valence-corrected chi connectivity index (χ0v) is 14.3. The summed E-state index contributed by atoms with van der Waals surface area (Å²) in [5.74, 6) is -0.122. The molecule has 126 valence electrons. The maximum atomic E-state index is 12.6. The molecule has 2 aromatic rings. The van der Waals surface area contributed by atoms with Crippen molar-refractivity contribution in [3.05, 3.63) is 69.1 Å². The predicted molar refractivity (Wildman–Crippen MR) is 94.7 cm³/mol. The van der Waals surface area contributed by atoms with Gasteiger partial charge in [0.05, 0.1) is 6.04 Å². The van der Waals surface area contributed by atoms with E-state index < -0.39 is 22.7 Å². The fourth-order valence-electron chi connectivity index (χ4n) is 3.06. The van der Waals surface area contributed by atoms with Crippen LogP contribution in [0.2, 0.25) is 0 Å². The second-order valence-corrected chi connectivity index (χ2v) is 7.53. The smallest absolute Gasteiger partial charge is 0.261 e. The summed E-state index contributed by atoms with van der Waals surface area (Å²) in [5.41, 5.74) is 2.61. The molecule has 0 aliphatic heterocycles. The van der Waals surface area contributed by atoms with Crippen LogP contribution in [-0.2, 0) is 23.6 Å². The Labute approximate surface area is 143 Å². The van der Waals surface area contributed by atoms with Gasteiger partial charge < -0.3 is 10.3 Å². The van der Waals surface area contributed by atoms with Gasteiger partial charge in [-0.05, 0) is 36.5 Å². The number of H-pyrrole nitrogens is 1. The zero-order valence-electron chi connectivity index (χ0n) is 13.5. The van der Waals surface area contributed by atoms with Crippen LogP contribution < -0.4 is 10.9 Å². The number of carbonyl (C=O) groups is 1. The SMILES string of the molecule is C[S@](=O)C[C@@H](NC(=O)c1cc2c([nH]c1=O)CCC2)c1ccccc1. The third-order valence-corrected chi connectivity index (χ3v) is 5.04. The van der Waals surface area contributed by atoms with Crippen LogP contribution in [0.4, 0.5) is 0 Å². The van der Waals surface area contributed by atoms with E-state index in [1.807, 2.05) is 30.3 Å². The fraction of sp³-hybridized carbons (Fsp3) is 0.333. The average Bonchev–Trinajstić information content (AvgIpc) is 3.01. The maximum Gasteiger partial charge on any atom is 0.261 e. The van der Waals surface area contributed by atoms with Gasteiger partial charge in [-0.25, -0.2) is 0 Å². The molecule has 1 amide bonds. The van der Waals surface area contributed by atoms with Crippen molar-refractivity contribution in [2.24, 2.45) is 0 Å². The molecule has 6 heteroatoms. The normalized spacial score (nSPS) is 15.5. The molecule has 0 radical (unpaired) electrons. The number of aromatic amines is 1. The standard InChI is InChI=1S/C18H20N2O3S/c1-24(23)11-16(12-6-3-2-4-7-12)20-18(22)14-10-13-8-5-9-15(13)19-17(14)21/h2-4,6-7,10,16H,5,8-9,11H2,1H3,(H,19,21)(H,20,22)/t16-,24+/m1/s1.